The van der Waals surface area contributed by atoms with Gasteiger partial charge in [0.05, 0.1) is 12.2 Å². The average Bonchev–Trinajstić information content (AvgIpc) is 2.82. The number of hydrogen-bond acceptors (Lipinski definition) is 5. The van der Waals surface area contributed by atoms with Crippen molar-refractivity contribution in [1.29, 1.82) is 0 Å². The molecule has 0 bridgehead atoms. The van der Waals surface area contributed by atoms with E-state index in [1.165, 1.54) is 5.56 Å². The lowest BCUT2D eigenvalue weighted by atomic mass is 9.95. The molecular formula is C24H31N5O2. The summed E-state index contributed by atoms with van der Waals surface area (Å²) in [5.41, 5.74) is 3.27. The average molecular weight is 422 g/mol. The van der Waals surface area contributed by atoms with Gasteiger partial charge in [-0.3, -0.25) is 9.59 Å². The molecule has 164 valence electrons. The number of nitrogens with zero attached hydrogens (tertiary/aromatic N) is 4. The zero-order valence-corrected chi connectivity index (χ0v) is 18.4. The third-order valence-corrected chi connectivity index (χ3v) is 6.44. The largest absolute Gasteiger partial charge is 0.373 e. The van der Waals surface area contributed by atoms with Crippen LogP contribution in [0.5, 0.6) is 0 Å². The summed E-state index contributed by atoms with van der Waals surface area (Å²) in [5.74, 6) is 2.29. The highest BCUT2D eigenvalue weighted by atomic mass is 16.2. The first-order chi connectivity index (χ1) is 15.0. The third kappa shape index (κ3) is 4.86. The predicted molar refractivity (Wildman–Crippen MR) is 120 cm³/mol. The zero-order valence-electron chi connectivity index (χ0n) is 18.4. The van der Waals surface area contributed by atoms with Crippen molar-refractivity contribution in [3.05, 3.63) is 53.0 Å². The summed E-state index contributed by atoms with van der Waals surface area (Å²) in [5, 5.41) is 3.23. The number of fused-ring (bicyclic) bond motifs is 1. The van der Waals surface area contributed by atoms with Crippen LogP contribution < -0.4 is 5.32 Å². The third-order valence-electron chi connectivity index (χ3n) is 6.44. The van der Waals surface area contributed by atoms with Gasteiger partial charge in [-0.05, 0) is 24.8 Å². The lowest BCUT2D eigenvalue weighted by Gasteiger charge is -2.33. The second kappa shape index (κ2) is 9.45. The van der Waals surface area contributed by atoms with Gasteiger partial charge in [-0.1, -0.05) is 30.3 Å². The Bertz CT molecular complexity index is 921. The number of amides is 2. The smallest absolute Gasteiger partial charge is 0.223 e. The molecule has 31 heavy (non-hydrogen) atoms. The van der Waals surface area contributed by atoms with Crippen LogP contribution in [0.2, 0.25) is 0 Å². The summed E-state index contributed by atoms with van der Waals surface area (Å²) in [4.78, 5) is 38.0. The Labute approximate surface area is 183 Å². The van der Waals surface area contributed by atoms with Crippen LogP contribution >= 0.6 is 0 Å². The van der Waals surface area contributed by atoms with Crippen LogP contribution in [-0.4, -0.2) is 58.3 Å². The van der Waals surface area contributed by atoms with E-state index in [1.807, 2.05) is 35.0 Å². The van der Waals surface area contributed by atoms with Crippen molar-refractivity contribution in [2.45, 2.75) is 51.5 Å². The van der Waals surface area contributed by atoms with Gasteiger partial charge >= 0.3 is 0 Å². The lowest BCUT2D eigenvalue weighted by molar-refractivity contribution is -0.132. The molecule has 7 nitrogen and oxygen atoms in total. The van der Waals surface area contributed by atoms with Crippen LogP contribution in [0, 0.1) is 0 Å². The molecule has 2 aromatic rings. The maximum Gasteiger partial charge on any atom is 0.223 e. The Morgan fingerprint density at radius 2 is 1.81 bits per heavy atom. The second-order valence-electron chi connectivity index (χ2n) is 8.44. The summed E-state index contributed by atoms with van der Waals surface area (Å²) in [6, 6.07) is 10.1. The summed E-state index contributed by atoms with van der Waals surface area (Å²) >= 11 is 0. The molecule has 0 radical (unpaired) electrons. The summed E-state index contributed by atoms with van der Waals surface area (Å²) < 4.78 is 0. The number of aryl methyl sites for hydroxylation is 1. The van der Waals surface area contributed by atoms with Crippen LogP contribution in [-0.2, 0) is 29.0 Å². The first-order valence-electron chi connectivity index (χ1n) is 11.2. The Kier molecular flexibility index (Phi) is 6.49. The molecule has 2 aliphatic rings. The van der Waals surface area contributed by atoms with E-state index >= 15 is 0 Å². The topological polar surface area (TPSA) is 78.4 Å². The van der Waals surface area contributed by atoms with E-state index in [9.17, 15) is 9.59 Å². The number of likely N-dealkylation sites (tertiary alicyclic amines) is 1. The number of aromatic nitrogens is 2. The van der Waals surface area contributed by atoms with Crippen molar-refractivity contribution in [3.63, 3.8) is 0 Å². The van der Waals surface area contributed by atoms with Gasteiger partial charge < -0.3 is 15.1 Å². The van der Waals surface area contributed by atoms with Crippen molar-refractivity contribution >= 4 is 17.6 Å². The number of anilines is 1. The molecule has 1 fully saturated rings. The summed E-state index contributed by atoms with van der Waals surface area (Å²) in [6.45, 7) is 4.41. The molecule has 4 rings (SSSR count). The number of hydrogen-bond donors (Lipinski definition) is 1. The molecule has 0 saturated carbocycles. The van der Waals surface area contributed by atoms with Crippen molar-refractivity contribution in [1.82, 2.24) is 19.8 Å². The fourth-order valence-electron chi connectivity index (χ4n) is 4.54. The minimum Gasteiger partial charge on any atom is -0.373 e. The monoisotopic (exact) mass is 421 g/mol. The van der Waals surface area contributed by atoms with Gasteiger partial charge in [0, 0.05) is 57.9 Å². The van der Waals surface area contributed by atoms with E-state index in [4.69, 9.17) is 9.97 Å². The molecule has 2 aliphatic heterocycles. The van der Waals surface area contributed by atoms with E-state index in [0.29, 0.717) is 19.5 Å². The van der Waals surface area contributed by atoms with Gasteiger partial charge in [-0.15, -0.1) is 0 Å². The van der Waals surface area contributed by atoms with E-state index in [0.717, 1.165) is 61.7 Å². The normalized spacial score (nSPS) is 16.7. The van der Waals surface area contributed by atoms with E-state index in [-0.39, 0.29) is 17.7 Å². The Balaban J connectivity index is 1.43. The molecule has 1 saturated heterocycles. The molecule has 2 amide bonds. The number of benzene rings is 1. The SMILES string of the molecule is CNc1nc(C2CCN(C(C)=O)CC2)nc2c1CN(C(=O)CCc1ccccc1)CC2. The van der Waals surface area contributed by atoms with Gasteiger partial charge in [0.25, 0.3) is 0 Å². The van der Waals surface area contributed by atoms with Gasteiger partial charge in [0.15, 0.2) is 0 Å². The summed E-state index contributed by atoms with van der Waals surface area (Å²) in [7, 11) is 1.88. The standard InChI is InChI=1S/C24H31N5O2/c1-17(30)28-13-10-19(11-14-28)23-26-21-12-15-29(16-20(21)24(25-2)27-23)22(31)9-8-18-6-4-3-5-7-18/h3-7,19H,8-16H2,1-2H3,(H,25,26,27). The van der Waals surface area contributed by atoms with E-state index < -0.39 is 0 Å². The quantitative estimate of drug-likeness (QED) is 0.803. The van der Waals surface area contributed by atoms with Gasteiger partial charge in [0.2, 0.25) is 11.8 Å². The first kappa shape index (κ1) is 21.3. The first-order valence-corrected chi connectivity index (χ1v) is 11.2. The molecule has 1 N–H and O–H groups in total. The van der Waals surface area contributed by atoms with Crippen molar-refractivity contribution in [2.24, 2.45) is 0 Å². The minimum atomic E-state index is 0.137. The summed E-state index contributed by atoms with van der Waals surface area (Å²) in [6.07, 6.45) is 3.82. The van der Waals surface area contributed by atoms with Crippen LogP contribution in [0.4, 0.5) is 5.82 Å². The lowest BCUT2D eigenvalue weighted by Crippen LogP contribution is -2.38. The van der Waals surface area contributed by atoms with Crippen LogP contribution in [0.25, 0.3) is 0 Å². The highest BCUT2D eigenvalue weighted by Crippen LogP contribution is 2.30. The van der Waals surface area contributed by atoms with Gasteiger partial charge in [-0.25, -0.2) is 9.97 Å². The van der Waals surface area contributed by atoms with Crippen molar-refractivity contribution < 1.29 is 9.59 Å². The number of carbonyl (C=O) groups excluding carboxylic acids is 2. The highest BCUT2D eigenvalue weighted by molar-refractivity contribution is 5.77. The molecule has 0 aliphatic carbocycles. The minimum absolute atomic E-state index is 0.137. The van der Waals surface area contributed by atoms with Crippen molar-refractivity contribution in [3.8, 4) is 0 Å². The molecule has 7 heteroatoms. The molecule has 1 aromatic heterocycles. The number of nitrogens with one attached hydrogen (secondary N) is 1. The Morgan fingerprint density at radius 3 is 2.48 bits per heavy atom. The fourth-order valence-corrected chi connectivity index (χ4v) is 4.54. The highest BCUT2D eigenvalue weighted by Gasteiger charge is 2.29. The Morgan fingerprint density at radius 1 is 1.06 bits per heavy atom. The molecule has 1 aromatic carbocycles. The molecule has 0 unspecified atom stereocenters. The Hall–Kier alpha value is -2.96. The number of carbonyl (C=O) groups is 2. The maximum absolute atomic E-state index is 12.8. The number of rotatable bonds is 5. The molecule has 0 spiro atoms. The fraction of sp³-hybridized carbons (Fsp3) is 0.500. The van der Waals surface area contributed by atoms with Crippen LogP contribution in [0.15, 0.2) is 30.3 Å². The van der Waals surface area contributed by atoms with Gasteiger partial charge in [-0.2, -0.15) is 0 Å². The maximum atomic E-state index is 12.8. The number of piperidine rings is 1. The van der Waals surface area contributed by atoms with Gasteiger partial charge in [0.1, 0.15) is 11.6 Å². The zero-order chi connectivity index (χ0) is 21.8. The van der Waals surface area contributed by atoms with E-state index in [1.54, 1.807) is 6.92 Å². The van der Waals surface area contributed by atoms with E-state index in [2.05, 4.69) is 17.4 Å². The molecular weight excluding hydrogens is 390 g/mol. The van der Waals surface area contributed by atoms with Crippen LogP contribution in [0.1, 0.15) is 54.7 Å². The molecule has 0 atom stereocenters. The van der Waals surface area contributed by atoms with Crippen molar-refractivity contribution in [2.75, 3.05) is 32.0 Å². The second-order valence-corrected chi connectivity index (χ2v) is 8.44. The molecule has 3 heterocycles. The predicted octanol–water partition coefficient (Wildman–Crippen LogP) is 2.76. The van der Waals surface area contributed by atoms with Crippen LogP contribution in [0.3, 0.4) is 0 Å².